The van der Waals surface area contributed by atoms with Crippen LogP contribution in [0, 0.1) is 0 Å². The van der Waals surface area contributed by atoms with Crippen LogP contribution in [0.1, 0.15) is 48.2 Å². The van der Waals surface area contributed by atoms with Crippen molar-refractivity contribution in [2.24, 2.45) is 0 Å². The summed E-state index contributed by atoms with van der Waals surface area (Å²) in [6, 6.07) is 12.7. The van der Waals surface area contributed by atoms with E-state index < -0.39 is 6.43 Å². The summed E-state index contributed by atoms with van der Waals surface area (Å²) >= 11 is 0. The van der Waals surface area contributed by atoms with E-state index in [0.29, 0.717) is 17.0 Å². The van der Waals surface area contributed by atoms with Gasteiger partial charge in [-0.25, -0.2) is 13.8 Å². The van der Waals surface area contributed by atoms with Crippen LogP contribution in [-0.2, 0) is 0 Å². The predicted octanol–water partition coefficient (Wildman–Crippen LogP) is 4.43. The third-order valence-electron chi connectivity index (χ3n) is 5.50. The van der Waals surface area contributed by atoms with Crippen molar-refractivity contribution in [1.29, 1.82) is 0 Å². The third kappa shape index (κ3) is 4.37. The van der Waals surface area contributed by atoms with E-state index in [1.165, 1.54) is 6.20 Å². The van der Waals surface area contributed by atoms with E-state index in [2.05, 4.69) is 15.6 Å². The van der Waals surface area contributed by atoms with E-state index in [1.807, 2.05) is 6.07 Å². The zero-order chi connectivity index (χ0) is 21.1. The number of rotatable bonds is 6. The van der Waals surface area contributed by atoms with Crippen molar-refractivity contribution in [3.8, 4) is 5.75 Å². The average molecular weight is 414 g/mol. The molecule has 2 aromatic heterocycles. The number of hydrogen-bond donors (Lipinski definition) is 2. The smallest absolute Gasteiger partial charge is 0.281 e. The highest BCUT2D eigenvalue weighted by Crippen LogP contribution is 2.25. The van der Waals surface area contributed by atoms with Gasteiger partial charge in [-0.2, -0.15) is 0 Å². The number of fused-ring (bicyclic) bond motifs is 1. The number of nitrogens with zero attached hydrogens (tertiary/aromatic N) is 2. The number of anilines is 1. The molecule has 6 nitrogen and oxygen atoms in total. The Kier molecular flexibility index (Phi) is 5.83. The topological polar surface area (TPSA) is 67.7 Å². The van der Waals surface area contributed by atoms with Crippen LogP contribution in [0.2, 0.25) is 0 Å². The summed E-state index contributed by atoms with van der Waals surface area (Å²) in [7, 11) is 1.59. The van der Waals surface area contributed by atoms with Crippen LogP contribution in [0.3, 0.4) is 0 Å². The van der Waals surface area contributed by atoms with Crippen LogP contribution in [0.4, 0.5) is 14.6 Å². The van der Waals surface area contributed by atoms with Gasteiger partial charge in [-0.3, -0.25) is 9.20 Å². The van der Waals surface area contributed by atoms with Gasteiger partial charge in [-0.05, 0) is 62.1 Å². The molecule has 0 radical (unpaired) electrons. The molecular weight excluding hydrogens is 390 g/mol. The van der Waals surface area contributed by atoms with Gasteiger partial charge in [0.15, 0.2) is 0 Å². The second-order valence-corrected chi connectivity index (χ2v) is 7.50. The van der Waals surface area contributed by atoms with Gasteiger partial charge in [-0.1, -0.05) is 6.07 Å². The Morgan fingerprint density at radius 1 is 1.10 bits per heavy atom. The molecule has 0 spiro atoms. The molecule has 1 saturated carbocycles. The summed E-state index contributed by atoms with van der Waals surface area (Å²) in [5.74, 6) is 1.38. The lowest BCUT2D eigenvalue weighted by Gasteiger charge is -2.30. The number of ether oxygens (including phenoxy) is 1. The van der Waals surface area contributed by atoms with Gasteiger partial charge in [-0.15, -0.1) is 0 Å². The standard InChI is InChI=1S/C22H24F2N4O2/c1-30-17-11-5-14(6-12-17)22(29)26-16-9-7-15(8-10-16)25-19-3-2-4-20-27-18(21(23)24)13-28(19)20/h2-6,11-13,15-16,21,25H,7-10H2,1H3,(H,26,29)/t15-,16+. The number of amides is 1. The zero-order valence-electron chi connectivity index (χ0n) is 16.6. The fourth-order valence-corrected chi connectivity index (χ4v) is 3.85. The number of methoxy groups -OCH3 is 1. The van der Waals surface area contributed by atoms with Crippen molar-refractivity contribution in [3.05, 3.63) is 59.9 Å². The summed E-state index contributed by atoms with van der Waals surface area (Å²) in [6.07, 6.45) is 2.23. The number of nitrogens with one attached hydrogen (secondary N) is 2. The molecule has 3 aromatic rings. The zero-order valence-corrected chi connectivity index (χ0v) is 16.6. The largest absolute Gasteiger partial charge is 0.497 e. The van der Waals surface area contributed by atoms with Gasteiger partial charge < -0.3 is 15.4 Å². The Bertz CT molecular complexity index is 1010. The fraction of sp³-hybridized carbons (Fsp3) is 0.364. The molecule has 0 bridgehead atoms. The lowest BCUT2D eigenvalue weighted by atomic mass is 9.91. The second-order valence-electron chi connectivity index (χ2n) is 7.50. The summed E-state index contributed by atoms with van der Waals surface area (Å²) in [5.41, 5.74) is 0.877. The van der Waals surface area contributed by atoms with Crippen molar-refractivity contribution < 1.29 is 18.3 Å². The van der Waals surface area contributed by atoms with Crippen LogP contribution >= 0.6 is 0 Å². The van der Waals surface area contributed by atoms with Crippen LogP contribution in [-0.4, -0.2) is 34.5 Å². The molecule has 2 heterocycles. The number of alkyl halides is 2. The minimum Gasteiger partial charge on any atom is -0.497 e. The Morgan fingerprint density at radius 3 is 2.47 bits per heavy atom. The molecule has 1 aromatic carbocycles. The van der Waals surface area contributed by atoms with Gasteiger partial charge in [0, 0.05) is 23.8 Å². The van der Waals surface area contributed by atoms with E-state index in [-0.39, 0.29) is 23.7 Å². The van der Waals surface area contributed by atoms with Crippen molar-refractivity contribution in [3.63, 3.8) is 0 Å². The predicted molar refractivity (Wildman–Crippen MR) is 110 cm³/mol. The number of benzene rings is 1. The van der Waals surface area contributed by atoms with Crippen molar-refractivity contribution in [1.82, 2.24) is 14.7 Å². The Morgan fingerprint density at radius 2 is 1.80 bits per heavy atom. The lowest BCUT2D eigenvalue weighted by Crippen LogP contribution is -2.40. The number of imidazole rings is 1. The van der Waals surface area contributed by atoms with E-state index in [1.54, 1.807) is 47.9 Å². The molecule has 1 aliphatic carbocycles. The average Bonchev–Trinajstić information content (AvgIpc) is 3.21. The highest BCUT2D eigenvalue weighted by atomic mass is 19.3. The van der Waals surface area contributed by atoms with Crippen molar-refractivity contribution >= 4 is 17.4 Å². The third-order valence-corrected chi connectivity index (χ3v) is 5.50. The minimum absolute atomic E-state index is 0.0863. The SMILES string of the molecule is COc1ccc(C(=O)N[C@H]2CC[C@@H](Nc3cccc4nc(C(F)F)cn34)CC2)cc1. The molecule has 4 rings (SSSR count). The second kappa shape index (κ2) is 8.69. The Balaban J connectivity index is 1.33. The quantitative estimate of drug-likeness (QED) is 0.626. The van der Waals surface area contributed by atoms with E-state index in [4.69, 9.17) is 4.74 Å². The van der Waals surface area contributed by atoms with Gasteiger partial charge in [0.2, 0.25) is 0 Å². The first-order valence-electron chi connectivity index (χ1n) is 10.0. The summed E-state index contributed by atoms with van der Waals surface area (Å²) < 4.78 is 32.7. The van der Waals surface area contributed by atoms with Gasteiger partial charge in [0.1, 0.15) is 22.9 Å². The number of carbonyl (C=O) groups is 1. The number of aromatic nitrogens is 2. The maximum Gasteiger partial charge on any atom is 0.281 e. The molecular formula is C22H24F2N4O2. The Hall–Kier alpha value is -3.16. The van der Waals surface area contributed by atoms with Crippen LogP contribution in [0.5, 0.6) is 5.75 Å². The summed E-state index contributed by atoms with van der Waals surface area (Å²) in [5, 5.41) is 6.54. The maximum absolute atomic E-state index is 13.0. The van der Waals surface area contributed by atoms with Crippen LogP contribution in [0.25, 0.3) is 5.65 Å². The van der Waals surface area contributed by atoms with E-state index >= 15 is 0 Å². The number of halogens is 2. The van der Waals surface area contributed by atoms with Crippen molar-refractivity contribution in [2.75, 3.05) is 12.4 Å². The highest BCUT2D eigenvalue weighted by Gasteiger charge is 2.23. The normalized spacial score (nSPS) is 19.1. The molecule has 8 heteroatoms. The minimum atomic E-state index is -2.59. The fourth-order valence-electron chi connectivity index (χ4n) is 3.85. The first-order valence-corrected chi connectivity index (χ1v) is 10.0. The molecule has 30 heavy (non-hydrogen) atoms. The summed E-state index contributed by atoms with van der Waals surface area (Å²) in [4.78, 5) is 16.4. The Labute approximate surface area is 173 Å². The molecule has 0 aliphatic heterocycles. The molecule has 158 valence electrons. The number of hydrogen-bond acceptors (Lipinski definition) is 4. The molecule has 0 unspecified atom stereocenters. The van der Waals surface area contributed by atoms with Gasteiger partial charge >= 0.3 is 0 Å². The number of carbonyl (C=O) groups excluding carboxylic acids is 1. The molecule has 0 atom stereocenters. The summed E-state index contributed by atoms with van der Waals surface area (Å²) in [6.45, 7) is 0. The van der Waals surface area contributed by atoms with Gasteiger partial charge in [0.05, 0.1) is 7.11 Å². The molecule has 2 N–H and O–H groups in total. The maximum atomic E-state index is 13.0. The van der Waals surface area contributed by atoms with Crippen LogP contribution in [0.15, 0.2) is 48.7 Å². The molecule has 1 aliphatic rings. The lowest BCUT2D eigenvalue weighted by molar-refractivity contribution is 0.0926. The highest BCUT2D eigenvalue weighted by molar-refractivity contribution is 5.94. The monoisotopic (exact) mass is 414 g/mol. The molecule has 1 amide bonds. The number of pyridine rings is 1. The molecule has 1 fully saturated rings. The van der Waals surface area contributed by atoms with Crippen LogP contribution < -0.4 is 15.4 Å². The van der Waals surface area contributed by atoms with E-state index in [9.17, 15) is 13.6 Å². The molecule has 0 saturated heterocycles. The van der Waals surface area contributed by atoms with Gasteiger partial charge in [0.25, 0.3) is 12.3 Å². The first kappa shape index (κ1) is 20.1. The van der Waals surface area contributed by atoms with E-state index in [0.717, 1.165) is 31.5 Å². The van der Waals surface area contributed by atoms with Crippen molar-refractivity contribution in [2.45, 2.75) is 44.2 Å². The first-order chi connectivity index (χ1) is 14.5.